The summed E-state index contributed by atoms with van der Waals surface area (Å²) in [5.74, 6) is 2.07. The van der Waals surface area contributed by atoms with Crippen LogP contribution in [0.15, 0.2) is 84.9 Å². The Morgan fingerprint density at radius 2 is 1.59 bits per heavy atom. The first-order chi connectivity index (χ1) is 16.8. The summed E-state index contributed by atoms with van der Waals surface area (Å²) in [5.41, 5.74) is 5.99. The molecule has 0 N–H and O–H groups in total. The molecule has 1 unspecified atom stereocenters. The summed E-state index contributed by atoms with van der Waals surface area (Å²) in [4.78, 5) is 7.73. The van der Waals surface area contributed by atoms with Crippen molar-refractivity contribution in [1.82, 2.24) is 14.5 Å². The Hall–Kier alpha value is -3.37. The van der Waals surface area contributed by atoms with Crippen LogP contribution in [0.5, 0.6) is 5.75 Å². The van der Waals surface area contributed by atoms with Gasteiger partial charge in [-0.2, -0.15) is 0 Å². The minimum absolute atomic E-state index is 0.322. The fourth-order valence-corrected chi connectivity index (χ4v) is 4.97. The third kappa shape index (κ3) is 4.51. The van der Waals surface area contributed by atoms with E-state index in [1.807, 2.05) is 0 Å². The van der Waals surface area contributed by atoms with Gasteiger partial charge in [-0.15, -0.1) is 0 Å². The number of rotatable bonds is 8. The van der Waals surface area contributed by atoms with Gasteiger partial charge in [-0.05, 0) is 19.5 Å². The molecule has 0 aliphatic carbocycles. The summed E-state index contributed by atoms with van der Waals surface area (Å²) in [6.45, 7) is 4.80. The molecule has 4 nitrogen and oxygen atoms in total. The smallest absolute Gasteiger partial charge is 0.140 e. The van der Waals surface area contributed by atoms with Crippen molar-refractivity contribution in [3.8, 4) is 28.4 Å². The van der Waals surface area contributed by atoms with E-state index in [9.17, 15) is 0 Å². The zero-order valence-electron chi connectivity index (χ0n) is 20.2. The molecular formula is C30H33N3O. The molecule has 5 rings (SSSR count). The molecule has 0 radical (unpaired) electrons. The van der Waals surface area contributed by atoms with Gasteiger partial charge in [0, 0.05) is 42.2 Å². The molecule has 0 fully saturated rings. The Morgan fingerprint density at radius 3 is 2.32 bits per heavy atom. The van der Waals surface area contributed by atoms with Crippen LogP contribution >= 0.6 is 0 Å². The van der Waals surface area contributed by atoms with Crippen LogP contribution in [0.4, 0.5) is 0 Å². The molecule has 0 saturated carbocycles. The molecule has 4 aromatic rings. The summed E-state index contributed by atoms with van der Waals surface area (Å²) in [7, 11) is 2.24. The van der Waals surface area contributed by atoms with Gasteiger partial charge in [-0.1, -0.05) is 92.2 Å². The topological polar surface area (TPSA) is 30.3 Å². The van der Waals surface area contributed by atoms with Crippen LogP contribution in [-0.2, 0) is 13.1 Å². The fourth-order valence-electron chi connectivity index (χ4n) is 4.97. The van der Waals surface area contributed by atoms with E-state index in [2.05, 4.69) is 108 Å². The molecule has 1 aliphatic heterocycles. The molecular weight excluding hydrogens is 418 g/mol. The lowest BCUT2D eigenvalue weighted by Crippen LogP contribution is -2.30. The summed E-state index contributed by atoms with van der Waals surface area (Å²) in [5, 5.41) is 0. The van der Waals surface area contributed by atoms with Crippen LogP contribution in [0.2, 0.25) is 0 Å². The molecule has 0 spiro atoms. The van der Waals surface area contributed by atoms with Gasteiger partial charge in [0.25, 0.3) is 0 Å². The van der Waals surface area contributed by atoms with Crippen LogP contribution in [0.1, 0.15) is 43.5 Å². The molecule has 174 valence electrons. The predicted octanol–water partition coefficient (Wildman–Crippen LogP) is 6.97. The highest BCUT2D eigenvalue weighted by atomic mass is 16.5. The molecule has 2 heterocycles. The average Bonchev–Trinajstić information content (AvgIpc) is 3.25. The minimum atomic E-state index is 0.322. The molecule has 1 atom stereocenters. The lowest BCUT2D eigenvalue weighted by molar-refractivity contribution is 0.158. The summed E-state index contributed by atoms with van der Waals surface area (Å²) in [6, 6.07) is 30.0. The second-order valence-electron chi connectivity index (χ2n) is 9.07. The van der Waals surface area contributed by atoms with Crippen LogP contribution in [-0.4, -0.2) is 28.1 Å². The molecule has 0 bridgehead atoms. The SMILES string of the molecule is CCCCn1c(-c2ccccc2)nc(-c2ccccc2)c1CN(C)C1CCOc2ccccc21. The lowest BCUT2D eigenvalue weighted by Gasteiger charge is -2.33. The first-order valence-electron chi connectivity index (χ1n) is 12.4. The molecule has 1 aromatic heterocycles. The van der Waals surface area contributed by atoms with Gasteiger partial charge >= 0.3 is 0 Å². The van der Waals surface area contributed by atoms with Gasteiger partial charge in [0.05, 0.1) is 18.0 Å². The highest BCUT2D eigenvalue weighted by molar-refractivity contribution is 5.68. The largest absolute Gasteiger partial charge is 0.493 e. The predicted molar refractivity (Wildman–Crippen MR) is 139 cm³/mol. The van der Waals surface area contributed by atoms with Crippen molar-refractivity contribution in [2.75, 3.05) is 13.7 Å². The maximum absolute atomic E-state index is 5.94. The van der Waals surface area contributed by atoms with Crippen LogP contribution in [0.25, 0.3) is 22.6 Å². The number of benzene rings is 3. The number of para-hydroxylation sites is 1. The summed E-state index contributed by atoms with van der Waals surface area (Å²) < 4.78 is 8.40. The molecule has 3 aromatic carbocycles. The third-order valence-corrected chi connectivity index (χ3v) is 6.75. The Kier molecular flexibility index (Phi) is 6.77. The van der Waals surface area contributed by atoms with Gasteiger partial charge in [0.1, 0.15) is 11.6 Å². The highest BCUT2D eigenvalue weighted by Crippen LogP contribution is 2.37. The van der Waals surface area contributed by atoms with Crippen molar-refractivity contribution in [3.05, 3.63) is 96.2 Å². The number of hydrogen-bond donors (Lipinski definition) is 0. The number of unbranched alkanes of at least 4 members (excludes halogenated alkanes) is 1. The van der Waals surface area contributed by atoms with E-state index in [-0.39, 0.29) is 0 Å². The van der Waals surface area contributed by atoms with E-state index < -0.39 is 0 Å². The number of aromatic nitrogens is 2. The fraction of sp³-hybridized carbons (Fsp3) is 0.300. The quantitative estimate of drug-likeness (QED) is 0.290. The minimum Gasteiger partial charge on any atom is -0.493 e. The van der Waals surface area contributed by atoms with E-state index in [4.69, 9.17) is 9.72 Å². The number of ether oxygens (including phenoxy) is 1. The number of imidazole rings is 1. The maximum Gasteiger partial charge on any atom is 0.140 e. The van der Waals surface area contributed by atoms with Gasteiger partial charge in [-0.3, -0.25) is 4.90 Å². The molecule has 34 heavy (non-hydrogen) atoms. The van der Waals surface area contributed by atoms with Gasteiger partial charge < -0.3 is 9.30 Å². The Morgan fingerprint density at radius 1 is 0.912 bits per heavy atom. The van der Waals surface area contributed by atoms with Crippen molar-refractivity contribution < 1.29 is 4.74 Å². The van der Waals surface area contributed by atoms with E-state index in [1.54, 1.807) is 0 Å². The first-order valence-corrected chi connectivity index (χ1v) is 12.4. The standard InChI is InChI=1S/C30H33N3O/c1-3-4-20-33-27(22-32(2)26-19-21-34-28-18-12-11-17-25(26)28)29(23-13-7-5-8-14-23)31-30(33)24-15-9-6-10-16-24/h5-18,26H,3-4,19-22H2,1-2H3. The van der Waals surface area contributed by atoms with Crippen LogP contribution in [0.3, 0.4) is 0 Å². The van der Waals surface area contributed by atoms with E-state index >= 15 is 0 Å². The second kappa shape index (κ2) is 10.3. The second-order valence-corrected chi connectivity index (χ2v) is 9.07. The number of nitrogens with zero attached hydrogens (tertiary/aromatic N) is 3. The molecule has 4 heteroatoms. The average molecular weight is 452 g/mol. The first kappa shape index (κ1) is 22.4. The van der Waals surface area contributed by atoms with Gasteiger partial charge in [-0.25, -0.2) is 4.98 Å². The van der Waals surface area contributed by atoms with Crippen molar-refractivity contribution in [3.63, 3.8) is 0 Å². The molecule has 1 aliphatic rings. The Balaban J connectivity index is 1.59. The summed E-state index contributed by atoms with van der Waals surface area (Å²) >= 11 is 0. The number of fused-ring (bicyclic) bond motifs is 1. The summed E-state index contributed by atoms with van der Waals surface area (Å²) in [6.07, 6.45) is 3.26. The van der Waals surface area contributed by atoms with Gasteiger partial charge in [0.2, 0.25) is 0 Å². The van der Waals surface area contributed by atoms with Crippen molar-refractivity contribution in [2.24, 2.45) is 0 Å². The highest BCUT2D eigenvalue weighted by Gasteiger charge is 2.27. The maximum atomic E-state index is 5.94. The lowest BCUT2D eigenvalue weighted by atomic mass is 9.99. The van der Waals surface area contributed by atoms with E-state index in [0.29, 0.717) is 6.04 Å². The number of hydrogen-bond acceptors (Lipinski definition) is 3. The van der Waals surface area contributed by atoms with E-state index in [1.165, 1.54) is 22.4 Å². The zero-order valence-corrected chi connectivity index (χ0v) is 20.2. The monoisotopic (exact) mass is 451 g/mol. The van der Waals surface area contributed by atoms with Crippen molar-refractivity contribution in [2.45, 2.75) is 45.3 Å². The Bertz CT molecular complexity index is 1220. The van der Waals surface area contributed by atoms with Crippen LogP contribution in [0, 0.1) is 0 Å². The van der Waals surface area contributed by atoms with Crippen molar-refractivity contribution in [1.29, 1.82) is 0 Å². The Labute approximate surface area is 202 Å². The normalized spacial score (nSPS) is 15.2. The molecule has 0 saturated heterocycles. The van der Waals surface area contributed by atoms with Crippen molar-refractivity contribution >= 4 is 0 Å². The van der Waals surface area contributed by atoms with Gasteiger partial charge in [0.15, 0.2) is 0 Å². The van der Waals surface area contributed by atoms with E-state index in [0.717, 1.165) is 56.2 Å². The van der Waals surface area contributed by atoms with Crippen LogP contribution < -0.4 is 4.74 Å². The zero-order chi connectivity index (χ0) is 23.3. The molecule has 0 amide bonds. The third-order valence-electron chi connectivity index (χ3n) is 6.75.